The number of nitrogens with zero attached hydrogens (tertiary/aromatic N) is 2. The summed E-state index contributed by atoms with van der Waals surface area (Å²) in [6, 6.07) is 0.777. The van der Waals surface area contributed by atoms with Gasteiger partial charge in [0.05, 0.1) is 6.54 Å². The SMILES string of the molecule is CC(C)C#CCN1CCC(N(C)C)CC1. The summed E-state index contributed by atoms with van der Waals surface area (Å²) in [5.41, 5.74) is 0. The van der Waals surface area contributed by atoms with Crippen LogP contribution in [0.2, 0.25) is 0 Å². The van der Waals surface area contributed by atoms with E-state index < -0.39 is 0 Å². The molecule has 0 aliphatic carbocycles. The molecule has 0 saturated carbocycles. The second kappa shape index (κ2) is 6.15. The highest BCUT2D eigenvalue weighted by Crippen LogP contribution is 2.13. The second-order valence-electron chi connectivity index (χ2n) is 4.95. The van der Waals surface area contributed by atoms with Gasteiger partial charge in [0.1, 0.15) is 0 Å². The van der Waals surface area contributed by atoms with Crippen molar-refractivity contribution in [1.82, 2.24) is 9.80 Å². The van der Waals surface area contributed by atoms with Crippen molar-refractivity contribution in [3.8, 4) is 11.8 Å². The lowest BCUT2D eigenvalue weighted by molar-refractivity contribution is 0.156. The van der Waals surface area contributed by atoms with Gasteiger partial charge in [0.15, 0.2) is 0 Å². The molecule has 0 radical (unpaired) electrons. The van der Waals surface area contributed by atoms with Crippen molar-refractivity contribution in [2.45, 2.75) is 32.7 Å². The van der Waals surface area contributed by atoms with E-state index >= 15 is 0 Å². The van der Waals surface area contributed by atoms with E-state index in [1.165, 1.54) is 25.9 Å². The molecule has 1 saturated heterocycles. The summed E-state index contributed by atoms with van der Waals surface area (Å²) >= 11 is 0. The first kappa shape index (κ1) is 12.5. The van der Waals surface area contributed by atoms with Crippen LogP contribution in [-0.2, 0) is 0 Å². The first-order valence-electron chi connectivity index (χ1n) is 5.96. The fourth-order valence-electron chi connectivity index (χ4n) is 1.96. The van der Waals surface area contributed by atoms with Gasteiger partial charge >= 0.3 is 0 Å². The van der Waals surface area contributed by atoms with Crippen molar-refractivity contribution in [3.05, 3.63) is 0 Å². The van der Waals surface area contributed by atoms with Crippen molar-refractivity contribution in [3.63, 3.8) is 0 Å². The topological polar surface area (TPSA) is 6.48 Å². The molecule has 0 atom stereocenters. The van der Waals surface area contributed by atoms with Gasteiger partial charge in [-0.15, -0.1) is 0 Å². The molecule has 0 aromatic heterocycles. The van der Waals surface area contributed by atoms with E-state index in [1.54, 1.807) is 0 Å². The van der Waals surface area contributed by atoms with Crippen LogP contribution in [0.1, 0.15) is 26.7 Å². The van der Waals surface area contributed by atoms with Gasteiger partial charge in [-0.3, -0.25) is 4.90 Å². The summed E-state index contributed by atoms with van der Waals surface area (Å²) in [4.78, 5) is 4.81. The molecule has 0 unspecified atom stereocenters. The van der Waals surface area contributed by atoms with E-state index in [1.807, 2.05) is 0 Å². The molecule has 15 heavy (non-hydrogen) atoms. The third kappa shape index (κ3) is 4.68. The predicted octanol–water partition coefficient (Wildman–Crippen LogP) is 1.67. The lowest BCUT2D eigenvalue weighted by Gasteiger charge is -2.34. The molecule has 2 nitrogen and oxygen atoms in total. The maximum absolute atomic E-state index is 3.26. The minimum atomic E-state index is 0.504. The Morgan fingerprint density at radius 3 is 2.33 bits per heavy atom. The Morgan fingerprint density at radius 1 is 1.27 bits per heavy atom. The van der Waals surface area contributed by atoms with Crippen molar-refractivity contribution in [1.29, 1.82) is 0 Å². The maximum Gasteiger partial charge on any atom is 0.0601 e. The van der Waals surface area contributed by atoms with Crippen LogP contribution in [0.5, 0.6) is 0 Å². The molecule has 0 aromatic carbocycles. The van der Waals surface area contributed by atoms with Gasteiger partial charge in [-0.1, -0.05) is 25.7 Å². The van der Waals surface area contributed by atoms with Crippen molar-refractivity contribution < 1.29 is 0 Å². The summed E-state index contributed by atoms with van der Waals surface area (Å²) in [5.74, 6) is 6.99. The molecule has 0 N–H and O–H groups in total. The third-order valence-electron chi connectivity index (χ3n) is 2.98. The van der Waals surface area contributed by atoms with Crippen LogP contribution in [-0.4, -0.2) is 49.6 Å². The van der Waals surface area contributed by atoms with Crippen LogP contribution in [0.25, 0.3) is 0 Å². The van der Waals surface area contributed by atoms with E-state index in [0.29, 0.717) is 5.92 Å². The van der Waals surface area contributed by atoms with Crippen LogP contribution in [0.3, 0.4) is 0 Å². The molecule has 1 aliphatic heterocycles. The Hall–Kier alpha value is -0.520. The Morgan fingerprint density at radius 2 is 1.87 bits per heavy atom. The highest BCUT2D eigenvalue weighted by Gasteiger charge is 2.19. The monoisotopic (exact) mass is 208 g/mol. The average Bonchev–Trinajstić information content (AvgIpc) is 2.18. The van der Waals surface area contributed by atoms with Crippen LogP contribution in [0, 0.1) is 17.8 Å². The van der Waals surface area contributed by atoms with Crippen molar-refractivity contribution in [2.75, 3.05) is 33.7 Å². The first-order valence-corrected chi connectivity index (χ1v) is 5.96. The van der Waals surface area contributed by atoms with E-state index in [2.05, 4.69) is 49.6 Å². The molecule has 0 bridgehead atoms. The Kier molecular flexibility index (Phi) is 5.14. The largest absolute Gasteiger partial charge is 0.306 e. The highest BCUT2D eigenvalue weighted by atomic mass is 15.2. The van der Waals surface area contributed by atoms with Gasteiger partial charge in [0, 0.05) is 25.0 Å². The van der Waals surface area contributed by atoms with Gasteiger partial charge in [0.25, 0.3) is 0 Å². The van der Waals surface area contributed by atoms with E-state index in [9.17, 15) is 0 Å². The second-order valence-corrected chi connectivity index (χ2v) is 4.95. The predicted molar refractivity (Wildman–Crippen MR) is 65.8 cm³/mol. The molecule has 0 aromatic rings. The molecule has 86 valence electrons. The quantitative estimate of drug-likeness (QED) is 0.637. The zero-order valence-corrected chi connectivity index (χ0v) is 10.6. The Bertz CT molecular complexity index is 227. The summed E-state index contributed by atoms with van der Waals surface area (Å²) in [7, 11) is 4.36. The van der Waals surface area contributed by atoms with Crippen LogP contribution in [0.4, 0.5) is 0 Å². The fourth-order valence-corrected chi connectivity index (χ4v) is 1.96. The normalized spacial score (nSPS) is 19.3. The van der Waals surface area contributed by atoms with Crippen LogP contribution in [0.15, 0.2) is 0 Å². The number of piperidine rings is 1. The minimum absolute atomic E-state index is 0.504. The van der Waals surface area contributed by atoms with Gasteiger partial charge in [0.2, 0.25) is 0 Å². The number of rotatable bonds is 2. The average molecular weight is 208 g/mol. The molecule has 1 rings (SSSR count). The zero-order chi connectivity index (χ0) is 11.3. The van der Waals surface area contributed by atoms with E-state index in [0.717, 1.165) is 12.6 Å². The summed E-state index contributed by atoms with van der Waals surface area (Å²) in [6.45, 7) is 7.65. The highest BCUT2D eigenvalue weighted by molar-refractivity contribution is 5.03. The third-order valence-corrected chi connectivity index (χ3v) is 2.98. The maximum atomic E-state index is 3.26. The summed E-state index contributed by atoms with van der Waals surface area (Å²) in [6.07, 6.45) is 2.58. The molecule has 1 fully saturated rings. The molecule has 0 amide bonds. The summed E-state index contributed by atoms with van der Waals surface area (Å²) < 4.78 is 0. The molecule has 1 heterocycles. The number of likely N-dealkylation sites (tertiary alicyclic amines) is 1. The first-order chi connectivity index (χ1) is 7.09. The molecule has 1 aliphatic rings. The van der Waals surface area contributed by atoms with Gasteiger partial charge in [-0.25, -0.2) is 0 Å². The Labute approximate surface area is 94.6 Å². The number of hydrogen-bond acceptors (Lipinski definition) is 2. The van der Waals surface area contributed by atoms with Gasteiger partial charge in [-0.2, -0.15) is 0 Å². The lowest BCUT2D eigenvalue weighted by atomic mass is 10.0. The lowest BCUT2D eigenvalue weighted by Crippen LogP contribution is -2.41. The number of hydrogen-bond donors (Lipinski definition) is 0. The fraction of sp³-hybridized carbons (Fsp3) is 0.846. The molecular weight excluding hydrogens is 184 g/mol. The molecule has 2 heteroatoms. The van der Waals surface area contributed by atoms with Gasteiger partial charge < -0.3 is 4.90 Å². The van der Waals surface area contributed by atoms with Crippen molar-refractivity contribution in [2.24, 2.45) is 5.92 Å². The molecular formula is C13H24N2. The van der Waals surface area contributed by atoms with E-state index in [4.69, 9.17) is 0 Å². The van der Waals surface area contributed by atoms with E-state index in [-0.39, 0.29) is 0 Å². The standard InChI is InChI=1S/C13H24N2/c1-12(2)6-5-9-15-10-7-13(8-11-15)14(3)4/h12-13H,7-11H2,1-4H3. The zero-order valence-electron chi connectivity index (χ0n) is 10.6. The minimum Gasteiger partial charge on any atom is -0.306 e. The smallest absolute Gasteiger partial charge is 0.0601 e. The molecule has 0 spiro atoms. The Balaban J connectivity index is 2.24. The summed E-state index contributed by atoms with van der Waals surface area (Å²) in [5, 5.41) is 0. The van der Waals surface area contributed by atoms with Crippen LogP contribution < -0.4 is 0 Å². The van der Waals surface area contributed by atoms with Crippen LogP contribution >= 0.6 is 0 Å². The van der Waals surface area contributed by atoms with Crippen molar-refractivity contribution >= 4 is 0 Å². The van der Waals surface area contributed by atoms with Gasteiger partial charge in [-0.05, 0) is 26.9 Å².